The molecule has 5 rings (SSSR count). The van der Waals surface area contributed by atoms with Gasteiger partial charge in [-0.05, 0) is 43.3 Å². The van der Waals surface area contributed by atoms with Gasteiger partial charge in [-0.2, -0.15) is 5.10 Å². The van der Waals surface area contributed by atoms with Gasteiger partial charge < -0.3 is 25.8 Å². The number of aliphatic hydroxyl groups excluding tert-OH is 1. The summed E-state index contributed by atoms with van der Waals surface area (Å²) in [6.07, 6.45) is 4.09. The van der Waals surface area contributed by atoms with Crippen LogP contribution >= 0.6 is 0 Å². The standard InChI is InChI=1S/C25H26FN7O3/c1-36-25(35)18-13-27-8-6-20(18)29-23-5-2-15-12-28-24(11-22(15)31-23)30-21-4-3-17(10-19(21)26)33-9-7-16(14-34)32-33/h2-5,7,9-12,18,20,27,34H,6,8,13-14H2,1H3,(H,28,30)(H,29,31)/t18-,20-/m1/s1. The SMILES string of the molecule is COC(=O)[C@@H]1CNCC[C@H]1Nc1ccc2cnc(Nc3ccc(-n4ccc(CO)n4)cc3F)cc2n1. The number of rotatable bonds is 7. The smallest absolute Gasteiger partial charge is 0.312 e. The second kappa shape index (κ2) is 10.3. The Kier molecular flexibility index (Phi) is 6.74. The van der Waals surface area contributed by atoms with Gasteiger partial charge in [0.05, 0.1) is 42.2 Å². The largest absolute Gasteiger partial charge is 0.469 e. The van der Waals surface area contributed by atoms with Crippen molar-refractivity contribution in [2.24, 2.45) is 5.92 Å². The van der Waals surface area contributed by atoms with E-state index in [-0.39, 0.29) is 30.2 Å². The minimum Gasteiger partial charge on any atom is -0.469 e. The van der Waals surface area contributed by atoms with E-state index in [0.29, 0.717) is 35.1 Å². The zero-order valence-electron chi connectivity index (χ0n) is 19.6. The molecule has 0 aliphatic carbocycles. The summed E-state index contributed by atoms with van der Waals surface area (Å²) in [6, 6.07) is 11.7. The van der Waals surface area contributed by atoms with Crippen molar-refractivity contribution in [1.29, 1.82) is 0 Å². The minimum absolute atomic E-state index is 0.0982. The lowest BCUT2D eigenvalue weighted by Crippen LogP contribution is -2.48. The summed E-state index contributed by atoms with van der Waals surface area (Å²) in [7, 11) is 1.39. The van der Waals surface area contributed by atoms with Crippen LogP contribution in [0, 0.1) is 11.7 Å². The average molecular weight is 492 g/mol. The monoisotopic (exact) mass is 491 g/mol. The summed E-state index contributed by atoms with van der Waals surface area (Å²) in [4.78, 5) is 21.2. The van der Waals surface area contributed by atoms with Crippen LogP contribution in [0.1, 0.15) is 12.1 Å². The molecule has 1 aliphatic heterocycles. The van der Waals surface area contributed by atoms with E-state index < -0.39 is 5.82 Å². The van der Waals surface area contributed by atoms with Crippen molar-refractivity contribution in [2.45, 2.75) is 19.1 Å². The van der Waals surface area contributed by atoms with Crippen molar-refractivity contribution in [2.75, 3.05) is 30.8 Å². The summed E-state index contributed by atoms with van der Waals surface area (Å²) in [5.41, 5.74) is 1.96. The van der Waals surface area contributed by atoms with Crippen LogP contribution in [0.2, 0.25) is 0 Å². The molecular weight excluding hydrogens is 465 g/mol. The number of aromatic nitrogens is 4. The molecule has 2 atom stereocenters. The van der Waals surface area contributed by atoms with Gasteiger partial charge in [0, 0.05) is 42.5 Å². The van der Waals surface area contributed by atoms with Gasteiger partial charge in [0.25, 0.3) is 0 Å². The van der Waals surface area contributed by atoms with Gasteiger partial charge in [0.2, 0.25) is 0 Å². The molecule has 3 aromatic heterocycles. The molecule has 0 unspecified atom stereocenters. The summed E-state index contributed by atoms with van der Waals surface area (Å²) in [5, 5.41) is 23.8. The molecule has 1 fully saturated rings. The van der Waals surface area contributed by atoms with E-state index in [9.17, 15) is 14.3 Å². The Morgan fingerprint density at radius 3 is 2.92 bits per heavy atom. The maximum atomic E-state index is 14.8. The van der Waals surface area contributed by atoms with Gasteiger partial charge in [-0.15, -0.1) is 0 Å². The predicted molar refractivity (Wildman–Crippen MR) is 133 cm³/mol. The van der Waals surface area contributed by atoms with Crippen LogP contribution < -0.4 is 16.0 Å². The van der Waals surface area contributed by atoms with Crippen molar-refractivity contribution >= 4 is 34.2 Å². The number of hydrogen-bond donors (Lipinski definition) is 4. The molecule has 0 amide bonds. The van der Waals surface area contributed by atoms with Crippen LogP contribution in [-0.2, 0) is 16.1 Å². The fraction of sp³-hybridized carbons (Fsp3) is 0.280. The van der Waals surface area contributed by atoms with E-state index in [1.165, 1.54) is 17.9 Å². The molecule has 0 radical (unpaired) electrons. The third-order valence-electron chi connectivity index (χ3n) is 6.18. The van der Waals surface area contributed by atoms with E-state index in [0.717, 1.165) is 18.4 Å². The first kappa shape index (κ1) is 23.6. The maximum Gasteiger partial charge on any atom is 0.312 e. The fourth-order valence-electron chi connectivity index (χ4n) is 4.26. The number of ether oxygens (including phenoxy) is 1. The highest BCUT2D eigenvalue weighted by molar-refractivity contribution is 5.82. The lowest BCUT2D eigenvalue weighted by molar-refractivity contribution is -0.146. The van der Waals surface area contributed by atoms with Crippen LogP contribution in [0.25, 0.3) is 16.6 Å². The second-order valence-electron chi connectivity index (χ2n) is 8.53. The molecule has 0 spiro atoms. The topological polar surface area (TPSA) is 126 Å². The number of fused-ring (bicyclic) bond motifs is 1. The highest BCUT2D eigenvalue weighted by Gasteiger charge is 2.31. The highest BCUT2D eigenvalue weighted by atomic mass is 19.1. The maximum absolute atomic E-state index is 14.8. The number of aliphatic hydroxyl groups is 1. The van der Waals surface area contributed by atoms with Gasteiger partial charge in [0.1, 0.15) is 17.5 Å². The number of anilines is 3. The number of halogens is 1. The Balaban J connectivity index is 1.34. The van der Waals surface area contributed by atoms with E-state index >= 15 is 0 Å². The van der Waals surface area contributed by atoms with Gasteiger partial charge in [-0.3, -0.25) is 4.79 Å². The number of piperidine rings is 1. The first-order valence-electron chi connectivity index (χ1n) is 11.6. The second-order valence-corrected chi connectivity index (χ2v) is 8.53. The number of pyridine rings is 2. The number of nitrogens with zero attached hydrogens (tertiary/aromatic N) is 4. The van der Waals surface area contributed by atoms with Gasteiger partial charge in [0.15, 0.2) is 0 Å². The fourth-order valence-corrected chi connectivity index (χ4v) is 4.26. The Labute approximate surface area is 206 Å². The van der Waals surface area contributed by atoms with E-state index in [4.69, 9.17) is 4.74 Å². The number of carbonyl (C=O) groups excluding carboxylic acids is 1. The van der Waals surface area contributed by atoms with Gasteiger partial charge in [-0.25, -0.2) is 19.0 Å². The Morgan fingerprint density at radius 2 is 2.14 bits per heavy atom. The molecule has 186 valence electrons. The van der Waals surface area contributed by atoms with Crippen molar-refractivity contribution in [3.05, 3.63) is 66.4 Å². The molecule has 4 aromatic rings. The number of hydrogen-bond acceptors (Lipinski definition) is 9. The molecule has 0 saturated carbocycles. The minimum atomic E-state index is -0.474. The molecule has 1 aliphatic rings. The van der Waals surface area contributed by atoms with Crippen molar-refractivity contribution < 1.29 is 19.0 Å². The lowest BCUT2D eigenvalue weighted by Gasteiger charge is -2.31. The van der Waals surface area contributed by atoms with Gasteiger partial charge >= 0.3 is 5.97 Å². The van der Waals surface area contributed by atoms with Crippen LogP contribution in [0.4, 0.5) is 21.7 Å². The number of carbonyl (C=O) groups is 1. The normalized spacial score (nSPS) is 17.6. The number of benzene rings is 1. The quantitative estimate of drug-likeness (QED) is 0.289. The summed E-state index contributed by atoms with van der Waals surface area (Å²) < 4.78 is 21.3. The highest BCUT2D eigenvalue weighted by Crippen LogP contribution is 2.25. The lowest BCUT2D eigenvalue weighted by atomic mass is 9.93. The van der Waals surface area contributed by atoms with Crippen LogP contribution in [-0.4, -0.2) is 57.1 Å². The molecule has 1 aromatic carbocycles. The Morgan fingerprint density at radius 1 is 1.25 bits per heavy atom. The van der Waals surface area contributed by atoms with Crippen LogP contribution in [0.5, 0.6) is 0 Å². The average Bonchev–Trinajstić information content (AvgIpc) is 3.39. The summed E-state index contributed by atoms with van der Waals surface area (Å²) in [5.74, 6) is 0.0373. The first-order chi connectivity index (χ1) is 17.5. The van der Waals surface area contributed by atoms with Crippen LogP contribution in [0.15, 0.2) is 54.9 Å². The Hall–Kier alpha value is -4.09. The third-order valence-corrected chi connectivity index (χ3v) is 6.18. The summed E-state index contributed by atoms with van der Waals surface area (Å²) >= 11 is 0. The van der Waals surface area contributed by atoms with E-state index in [1.807, 2.05) is 12.1 Å². The van der Waals surface area contributed by atoms with Crippen molar-refractivity contribution in [3.8, 4) is 5.69 Å². The first-order valence-corrected chi connectivity index (χ1v) is 11.6. The van der Waals surface area contributed by atoms with Crippen molar-refractivity contribution in [1.82, 2.24) is 25.1 Å². The Bertz CT molecular complexity index is 1390. The van der Waals surface area contributed by atoms with E-state index in [2.05, 4.69) is 31.0 Å². The van der Waals surface area contributed by atoms with E-state index in [1.54, 1.807) is 36.7 Å². The molecule has 4 heterocycles. The number of nitrogens with one attached hydrogen (secondary N) is 3. The predicted octanol–water partition coefficient (Wildman–Crippen LogP) is 2.75. The van der Waals surface area contributed by atoms with Crippen molar-refractivity contribution in [3.63, 3.8) is 0 Å². The number of methoxy groups -OCH3 is 1. The van der Waals surface area contributed by atoms with Crippen LogP contribution in [0.3, 0.4) is 0 Å². The molecule has 1 saturated heterocycles. The molecule has 11 heteroatoms. The molecule has 4 N–H and O–H groups in total. The third kappa shape index (κ3) is 4.97. The molecule has 10 nitrogen and oxygen atoms in total. The molecular formula is C25H26FN7O3. The molecule has 0 bridgehead atoms. The molecule has 36 heavy (non-hydrogen) atoms. The number of esters is 1. The summed E-state index contributed by atoms with van der Waals surface area (Å²) in [6.45, 7) is 1.16. The van der Waals surface area contributed by atoms with Gasteiger partial charge in [-0.1, -0.05) is 0 Å². The zero-order chi connectivity index (χ0) is 25.1. The zero-order valence-corrected chi connectivity index (χ0v) is 19.6.